The van der Waals surface area contributed by atoms with Gasteiger partial charge in [0.25, 0.3) is 0 Å². The van der Waals surface area contributed by atoms with Crippen molar-refractivity contribution in [1.82, 2.24) is 0 Å². The average molecular weight is 286 g/mol. The normalized spacial score (nSPS) is 10.0. The van der Waals surface area contributed by atoms with E-state index in [-0.39, 0.29) is 0 Å². The zero-order valence-corrected chi connectivity index (χ0v) is 12.4. The van der Waals surface area contributed by atoms with E-state index in [9.17, 15) is 4.79 Å². The second-order valence-corrected chi connectivity index (χ2v) is 4.54. The molecule has 0 N–H and O–H groups in total. The Balaban J connectivity index is 2.39. The Morgan fingerprint density at radius 1 is 0.905 bits per heavy atom. The Kier molecular flexibility index (Phi) is 4.82. The quantitative estimate of drug-likeness (QED) is 0.765. The van der Waals surface area contributed by atoms with Crippen LogP contribution in [0.5, 0.6) is 17.2 Å². The van der Waals surface area contributed by atoms with Gasteiger partial charge in [-0.2, -0.15) is 0 Å². The molecular weight excluding hydrogens is 268 g/mol. The molecule has 2 aromatic rings. The van der Waals surface area contributed by atoms with Gasteiger partial charge in [0.15, 0.2) is 6.29 Å². The van der Waals surface area contributed by atoms with Crippen LogP contribution in [0.2, 0.25) is 0 Å². The van der Waals surface area contributed by atoms with Gasteiger partial charge >= 0.3 is 0 Å². The Morgan fingerprint density at radius 2 is 1.57 bits per heavy atom. The summed E-state index contributed by atoms with van der Waals surface area (Å²) in [5, 5.41) is 0. The zero-order chi connectivity index (χ0) is 15.2. The van der Waals surface area contributed by atoms with Crippen LogP contribution in [-0.2, 0) is 6.42 Å². The number of carbonyl (C=O) groups excluding carboxylic acids is 1. The largest absolute Gasteiger partial charge is 0.497 e. The minimum absolute atomic E-state index is 0.571. The van der Waals surface area contributed by atoms with Gasteiger partial charge in [0.2, 0.25) is 0 Å². The Bertz CT molecular complexity index is 617. The molecule has 0 atom stereocenters. The first-order valence-electron chi connectivity index (χ1n) is 6.54. The SMILES string of the molecule is COc1ccc(Cc2c(C=O)cc(OC)cc2OC)cc1. The van der Waals surface area contributed by atoms with Crippen LogP contribution in [0.4, 0.5) is 0 Å². The molecule has 0 fully saturated rings. The molecule has 0 radical (unpaired) electrons. The number of hydrogen-bond acceptors (Lipinski definition) is 4. The molecular formula is C17H18O4. The molecule has 0 aliphatic heterocycles. The first kappa shape index (κ1) is 14.9. The van der Waals surface area contributed by atoms with Gasteiger partial charge in [-0.15, -0.1) is 0 Å². The molecule has 0 aliphatic carbocycles. The lowest BCUT2D eigenvalue weighted by Crippen LogP contribution is -2.00. The molecule has 21 heavy (non-hydrogen) atoms. The molecule has 0 aromatic heterocycles. The fraction of sp³-hybridized carbons (Fsp3) is 0.235. The molecule has 2 aromatic carbocycles. The van der Waals surface area contributed by atoms with E-state index in [1.807, 2.05) is 24.3 Å². The van der Waals surface area contributed by atoms with E-state index in [0.717, 1.165) is 23.2 Å². The highest BCUT2D eigenvalue weighted by Crippen LogP contribution is 2.30. The van der Waals surface area contributed by atoms with Crippen LogP contribution < -0.4 is 14.2 Å². The van der Waals surface area contributed by atoms with Gasteiger partial charge in [-0.3, -0.25) is 4.79 Å². The van der Waals surface area contributed by atoms with Crippen molar-refractivity contribution in [2.75, 3.05) is 21.3 Å². The van der Waals surface area contributed by atoms with Crippen LogP contribution in [0, 0.1) is 0 Å². The molecule has 2 rings (SSSR count). The van der Waals surface area contributed by atoms with Crippen LogP contribution in [0.1, 0.15) is 21.5 Å². The van der Waals surface area contributed by atoms with Gasteiger partial charge in [0, 0.05) is 23.6 Å². The van der Waals surface area contributed by atoms with Crippen molar-refractivity contribution < 1.29 is 19.0 Å². The lowest BCUT2D eigenvalue weighted by molar-refractivity contribution is 0.112. The molecule has 0 heterocycles. The van der Waals surface area contributed by atoms with Crippen LogP contribution in [0.25, 0.3) is 0 Å². The highest BCUT2D eigenvalue weighted by molar-refractivity contribution is 5.80. The molecule has 0 unspecified atom stereocenters. The Hall–Kier alpha value is -2.49. The van der Waals surface area contributed by atoms with Crippen LogP contribution in [0.3, 0.4) is 0 Å². The van der Waals surface area contributed by atoms with Crippen molar-refractivity contribution in [2.24, 2.45) is 0 Å². The Morgan fingerprint density at radius 3 is 2.10 bits per heavy atom. The second-order valence-electron chi connectivity index (χ2n) is 4.54. The van der Waals surface area contributed by atoms with E-state index >= 15 is 0 Å². The van der Waals surface area contributed by atoms with Crippen LogP contribution in [0.15, 0.2) is 36.4 Å². The molecule has 0 saturated carbocycles. The summed E-state index contributed by atoms with van der Waals surface area (Å²) < 4.78 is 15.7. The molecule has 110 valence electrons. The topological polar surface area (TPSA) is 44.8 Å². The number of rotatable bonds is 6. The molecule has 0 saturated heterocycles. The molecule has 4 nitrogen and oxygen atoms in total. The highest BCUT2D eigenvalue weighted by Gasteiger charge is 2.12. The van der Waals surface area contributed by atoms with Crippen LogP contribution >= 0.6 is 0 Å². The maximum atomic E-state index is 11.3. The first-order valence-corrected chi connectivity index (χ1v) is 6.54. The van der Waals surface area contributed by atoms with Crippen molar-refractivity contribution in [3.05, 3.63) is 53.1 Å². The van der Waals surface area contributed by atoms with E-state index < -0.39 is 0 Å². The van der Waals surface area contributed by atoms with Crippen molar-refractivity contribution in [2.45, 2.75) is 6.42 Å². The van der Waals surface area contributed by atoms with Crippen LogP contribution in [-0.4, -0.2) is 27.6 Å². The van der Waals surface area contributed by atoms with E-state index in [0.29, 0.717) is 23.5 Å². The third kappa shape index (κ3) is 3.34. The lowest BCUT2D eigenvalue weighted by atomic mass is 9.99. The van der Waals surface area contributed by atoms with E-state index in [1.54, 1.807) is 33.5 Å². The monoisotopic (exact) mass is 286 g/mol. The maximum Gasteiger partial charge on any atom is 0.150 e. The third-order valence-corrected chi connectivity index (χ3v) is 3.34. The number of carbonyl (C=O) groups is 1. The number of hydrogen-bond donors (Lipinski definition) is 0. The average Bonchev–Trinajstić information content (AvgIpc) is 2.55. The molecule has 0 bridgehead atoms. The summed E-state index contributed by atoms with van der Waals surface area (Å²) in [5.74, 6) is 2.05. The first-order chi connectivity index (χ1) is 10.2. The number of aldehydes is 1. The molecule has 0 aliphatic rings. The van der Waals surface area contributed by atoms with Gasteiger partial charge in [-0.25, -0.2) is 0 Å². The fourth-order valence-corrected chi connectivity index (χ4v) is 2.18. The minimum atomic E-state index is 0.571. The highest BCUT2D eigenvalue weighted by atomic mass is 16.5. The lowest BCUT2D eigenvalue weighted by Gasteiger charge is -2.13. The smallest absolute Gasteiger partial charge is 0.150 e. The Labute approximate surface area is 124 Å². The van der Waals surface area contributed by atoms with Crippen molar-refractivity contribution in [3.8, 4) is 17.2 Å². The predicted octanol–water partition coefficient (Wildman–Crippen LogP) is 3.12. The van der Waals surface area contributed by atoms with Gasteiger partial charge in [-0.1, -0.05) is 12.1 Å². The number of ether oxygens (including phenoxy) is 3. The maximum absolute atomic E-state index is 11.3. The van der Waals surface area contributed by atoms with Gasteiger partial charge in [0.1, 0.15) is 17.2 Å². The summed E-state index contributed by atoms with van der Waals surface area (Å²) in [5.41, 5.74) is 2.49. The molecule has 0 spiro atoms. The summed E-state index contributed by atoms with van der Waals surface area (Å²) >= 11 is 0. The van der Waals surface area contributed by atoms with Crippen molar-refractivity contribution >= 4 is 6.29 Å². The zero-order valence-electron chi connectivity index (χ0n) is 12.4. The van der Waals surface area contributed by atoms with E-state index in [2.05, 4.69) is 0 Å². The second kappa shape index (κ2) is 6.79. The number of methoxy groups -OCH3 is 3. The van der Waals surface area contributed by atoms with Crippen molar-refractivity contribution in [1.29, 1.82) is 0 Å². The van der Waals surface area contributed by atoms with Gasteiger partial charge in [0.05, 0.1) is 21.3 Å². The summed E-state index contributed by atoms with van der Waals surface area (Å²) in [4.78, 5) is 11.3. The fourth-order valence-electron chi connectivity index (χ4n) is 2.18. The summed E-state index contributed by atoms with van der Waals surface area (Å²) in [7, 11) is 4.78. The van der Waals surface area contributed by atoms with Gasteiger partial charge in [-0.05, 0) is 23.8 Å². The molecule has 4 heteroatoms. The summed E-state index contributed by atoms with van der Waals surface area (Å²) in [6, 6.07) is 11.2. The minimum Gasteiger partial charge on any atom is -0.497 e. The summed E-state index contributed by atoms with van der Waals surface area (Å²) in [6.07, 6.45) is 1.43. The number of benzene rings is 2. The van der Waals surface area contributed by atoms with Gasteiger partial charge < -0.3 is 14.2 Å². The summed E-state index contributed by atoms with van der Waals surface area (Å²) in [6.45, 7) is 0. The van der Waals surface area contributed by atoms with Crippen molar-refractivity contribution in [3.63, 3.8) is 0 Å². The predicted molar refractivity (Wildman–Crippen MR) is 80.7 cm³/mol. The standard InChI is InChI=1S/C17H18O4/c1-19-14-6-4-12(5-7-14)8-16-13(11-18)9-15(20-2)10-17(16)21-3/h4-7,9-11H,8H2,1-3H3. The third-order valence-electron chi connectivity index (χ3n) is 3.34. The van der Waals surface area contributed by atoms with E-state index in [1.165, 1.54) is 0 Å². The van der Waals surface area contributed by atoms with E-state index in [4.69, 9.17) is 14.2 Å². The molecule has 0 amide bonds.